The van der Waals surface area contributed by atoms with Crippen LogP contribution in [0.3, 0.4) is 0 Å². The summed E-state index contributed by atoms with van der Waals surface area (Å²) in [6.45, 7) is 4.05. The summed E-state index contributed by atoms with van der Waals surface area (Å²) in [7, 11) is -4.01. The van der Waals surface area contributed by atoms with Gasteiger partial charge in [0, 0.05) is 10.9 Å². The van der Waals surface area contributed by atoms with Gasteiger partial charge in [0.05, 0.1) is 13.0 Å². The van der Waals surface area contributed by atoms with Crippen molar-refractivity contribution in [2.24, 2.45) is 0 Å². The van der Waals surface area contributed by atoms with Gasteiger partial charge in [0.15, 0.2) is 5.03 Å². The van der Waals surface area contributed by atoms with Gasteiger partial charge < -0.3 is 4.74 Å². The molecule has 1 heterocycles. The van der Waals surface area contributed by atoms with Crippen LogP contribution in [0, 0.1) is 13.8 Å². The Morgan fingerprint density at radius 2 is 1.86 bits per heavy atom. The van der Waals surface area contributed by atoms with Crippen LogP contribution in [0.2, 0.25) is 0 Å². The van der Waals surface area contributed by atoms with Crippen LogP contribution in [0.5, 0.6) is 5.75 Å². The second-order valence-electron chi connectivity index (χ2n) is 6.23. The van der Waals surface area contributed by atoms with Crippen LogP contribution in [0.25, 0.3) is 10.6 Å². The average molecular weight is 417 g/mol. The van der Waals surface area contributed by atoms with Crippen LogP contribution in [0.4, 0.5) is 0 Å². The highest BCUT2D eigenvalue weighted by Gasteiger charge is 2.21. The van der Waals surface area contributed by atoms with Gasteiger partial charge in [-0.2, -0.15) is 8.42 Å². The van der Waals surface area contributed by atoms with E-state index in [0.29, 0.717) is 10.8 Å². The van der Waals surface area contributed by atoms with Crippen molar-refractivity contribution in [2.75, 3.05) is 6.61 Å². The number of hydrogen-bond acceptors (Lipinski definition) is 6. The minimum absolute atomic E-state index is 0.0795. The van der Waals surface area contributed by atoms with Crippen LogP contribution in [-0.2, 0) is 14.8 Å². The van der Waals surface area contributed by atoms with E-state index < -0.39 is 15.9 Å². The highest BCUT2D eigenvalue weighted by atomic mass is 32.2. The summed E-state index contributed by atoms with van der Waals surface area (Å²) < 4.78 is 32.3. The van der Waals surface area contributed by atoms with Crippen LogP contribution in [0.1, 0.15) is 17.5 Å². The topological polar surface area (TPSA) is 85.4 Å². The maximum absolute atomic E-state index is 12.4. The van der Waals surface area contributed by atoms with E-state index in [-0.39, 0.29) is 18.1 Å². The van der Waals surface area contributed by atoms with Crippen LogP contribution < -0.4 is 9.46 Å². The van der Waals surface area contributed by atoms with Gasteiger partial charge in [-0.25, -0.2) is 9.71 Å². The maximum atomic E-state index is 12.4. The predicted octanol–water partition coefficient (Wildman–Crippen LogP) is 3.70. The Balaban J connectivity index is 1.57. The first-order chi connectivity index (χ1) is 13.3. The van der Waals surface area contributed by atoms with Crippen molar-refractivity contribution < 1.29 is 17.9 Å². The summed E-state index contributed by atoms with van der Waals surface area (Å²) in [4.78, 5) is 16.2. The van der Waals surface area contributed by atoms with Crippen molar-refractivity contribution in [2.45, 2.75) is 25.3 Å². The number of aryl methyl sites for hydroxylation is 2. The number of nitrogens with one attached hydrogen (secondary N) is 1. The lowest BCUT2D eigenvalue weighted by molar-refractivity contribution is -0.119. The minimum atomic E-state index is -4.01. The number of ether oxygens (including phenoxy) is 1. The number of rotatable bonds is 7. The monoisotopic (exact) mass is 416 g/mol. The molecule has 3 aromatic rings. The minimum Gasteiger partial charge on any atom is -0.493 e. The van der Waals surface area contributed by atoms with Gasteiger partial charge >= 0.3 is 0 Å². The van der Waals surface area contributed by atoms with Crippen LogP contribution in [-0.4, -0.2) is 25.9 Å². The molecule has 1 aromatic heterocycles. The molecule has 0 saturated carbocycles. The van der Waals surface area contributed by atoms with E-state index in [1.54, 1.807) is 0 Å². The van der Waals surface area contributed by atoms with Crippen molar-refractivity contribution in [3.63, 3.8) is 0 Å². The third-order valence-corrected chi connectivity index (χ3v) is 6.40. The molecule has 0 unspecified atom stereocenters. The summed E-state index contributed by atoms with van der Waals surface area (Å²) in [5, 5.41) is 1.83. The molecule has 0 spiro atoms. The predicted molar refractivity (Wildman–Crippen MR) is 109 cm³/mol. The molecule has 2 aromatic carbocycles. The molecule has 3 rings (SSSR count). The smallest absolute Gasteiger partial charge is 0.282 e. The van der Waals surface area contributed by atoms with Crippen molar-refractivity contribution in [3.8, 4) is 16.3 Å². The molecular formula is C20H20N2O4S2. The summed E-state index contributed by atoms with van der Waals surface area (Å²) in [6.07, 6.45) is -0.0815. The Kier molecular flexibility index (Phi) is 6.11. The number of nitrogens with zero attached hydrogens (tertiary/aromatic N) is 1. The molecule has 0 fully saturated rings. The van der Waals surface area contributed by atoms with Crippen LogP contribution >= 0.6 is 11.3 Å². The van der Waals surface area contributed by atoms with Gasteiger partial charge in [-0.05, 0) is 37.1 Å². The van der Waals surface area contributed by atoms with Crippen molar-refractivity contribution >= 4 is 27.3 Å². The first-order valence-electron chi connectivity index (χ1n) is 8.62. The van der Waals surface area contributed by atoms with Gasteiger partial charge in [-0.15, -0.1) is 11.3 Å². The molecule has 6 nitrogen and oxygen atoms in total. The number of sulfonamides is 1. The molecule has 0 aliphatic rings. The third kappa shape index (κ3) is 4.96. The maximum Gasteiger partial charge on any atom is 0.282 e. The molecule has 0 aliphatic heterocycles. The SMILES string of the molecule is Cc1ccc(OCCC(=O)NS(=O)(=O)c2csc(-c3ccccc3)n2)cc1C. The molecule has 1 N–H and O–H groups in total. The fourth-order valence-electron chi connectivity index (χ4n) is 2.41. The summed E-state index contributed by atoms with van der Waals surface area (Å²) in [5.41, 5.74) is 3.05. The first-order valence-corrected chi connectivity index (χ1v) is 11.0. The number of carbonyl (C=O) groups is 1. The fraction of sp³-hybridized carbons (Fsp3) is 0.200. The van der Waals surface area contributed by atoms with Gasteiger partial charge in [-0.3, -0.25) is 4.79 Å². The van der Waals surface area contributed by atoms with Gasteiger partial charge in [0.25, 0.3) is 10.0 Å². The van der Waals surface area contributed by atoms with Gasteiger partial charge in [-0.1, -0.05) is 36.4 Å². The van der Waals surface area contributed by atoms with E-state index in [9.17, 15) is 13.2 Å². The Hall–Kier alpha value is -2.71. The molecule has 0 bridgehead atoms. The molecular weight excluding hydrogens is 396 g/mol. The second-order valence-corrected chi connectivity index (χ2v) is 8.72. The molecule has 0 radical (unpaired) electrons. The number of hydrogen-bond donors (Lipinski definition) is 1. The van der Waals surface area contributed by atoms with E-state index in [1.165, 1.54) is 16.7 Å². The lowest BCUT2D eigenvalue weighted by Gasteiger charge is -2.08. The zero-order chi connectivity index (χ0) is 20.1. The normalized spacial score (nSPS) is 11.2. The van der Waals surface area contributed by atoms with E-state index in [1.807, 2.05) is 67.1 Å². The van der Waals surface area contributed by atoms with Crippen molar-refractivity contribution in [3.05, 3.63) is 65.0 Å². The lowest BCUT2D eigenvalue weighted by Crippen LogP contribution is -2.31. The highest BCUT2D eigenvalue weighted by molar-refractivity contribution is 7.90. The Morgan fingerprint density at radius 3 is 2.57 bits per heavy atom. The number of benzene rings is 2. The molecule has 0 saturated heterocycles. The average Bonchev–Trinajstić information content (AvgIpc) is 3.16. The highest BCUT2D eigenvalue weighted by Crippen LogP contribution is 2.25. The van der Waals surface area contributed by atoms with Gasteiger partial charge in [0.2, 0.25) is 5.91 Å². The Morgan fingerprint density at radius 1 is 1.11 bits per heavy atom. The number of carbonyl (C=O) groups excluding carboxylic acids is 1. The zero-order valence-electron chi connectivity index (χ0n) is 15.5. The lowest BCUT2D eigenvalue weighted by atomic mass is 10.1. The van der Waals surface area contributed by atoms with Crippen molar-refractivity contribution in [1.82, 2.24) is 9.71 Å². The largest absolute Gasteiger partial charge is 0.493 e. The quantitative estimate of drug-likeness (QED) is 0.635. The summed E-state index contributed by atoms with van der Waals surface area (Å²) >= 11 is 1.21. The van der Waals surface area contributed by atoms with E-state index in [0.717, 1.165) is 16.7 Å². The number of aromatic nitrogens is 1. The van der Waals surface area contributed by atoms with E-state index >= 15 is 0 Å². The summed E-state index contributed by atoms with van der Waals surface area (Å²) in [6, 6.07) is 14.9. The molecule has 0 atom stereocenters. The second kappa shape index (κ2) is 8.53. The third-order valence-electron chi connectivity index (χ3n) is 4.10. The molecule has 146 valence electrons. The molecule has 1 amide bonds. The summed E-state index contributed by atoms with van der Waals surface area (Å²) in [5.74, 6) is 0.00357. The van der Waals surface area contributed by atoms with Crippen LogP contribution in [0.15, 0.2) is 58.9 Å². The fourth-order valence-corrected chi connectivity index (χ4v) is 4.53. The molecule has 28 heavy (non-hydrogen) atoms. The van der Waals surface area contributed by atoms with E-state index in [4.69, 9.17) is 4.74 Å². The van der Waals surface area contributed by atoms with E-state index in [2.05, 4.69) is 4.98 Å². The number of amides is 1. The zero-order valence-corrected chi connectivity index (χ0v) is 17.1. The molecule has 8 heteroatoms. The number of thiazole rings is 1. The Labute approximate surface area is 168 Å². The molecule has 0 aliphatic carbocycles. The first kappa shape index (κ1) is 20.0. The standard InChI is InChI=1S/C20H20N2O4S2/c1-14-8-9-17(12-15(14)2)26-11-10-18(23)22-28(24,25)19-13-27-20(21-19)16-6-4-3-5-7-16/h3-9,12-13H,10-11H2,1-2H3,(H,22,23). The van der Waals surface area contributed by atoms with Gasteiger partial charge in [0.1, 0.15) is 10.8 Å². The van der Waals surface area contributed by atoms with Crippen molar-refractivity contribution in [1.29, 1.82) is 0 Å². The Bertz CT molecular complexity index is 1080.